The number of hydrogen-bond donors (Lipinski definition) is 0. The number of hydrogen-bond acceptors (Lipinski definition) is 4. The molecule has 0 saturated carbocycles. The summed E-state index contributed by atoms with van der Waals surface area (Å²) in [6, 6.07) is 5.74. The lowest BCUT2D eigenvalue weighted by Gasteiger charge is -1.99. The Morgan fingerprint density at radius 2 is 2.29 bits per heavy atom. The van der Waals surface area contributed by atoms with Crippen LogP contribution in [0.2, 0.25) is 0 Å². The van der Waals surface area contributed by atoms with Gasteiger partial charge in [-0.3, -0.25) is 0 Å². The third kappa shape index (κ3) is 1.71. The van der Waals surface area contributed by atoms with Crippen LogP contribution in [0, 0.1) is 0 Å². The Morgan fingerprint density at radius 1 is 1.43 bits per heavy atom. The van der Waals surface area contributed by atoms with E-state index in [2.05, 4.69) is 15.2 Å². The van der Waals surface area contributed by atoms with Crippen LogP contribution in [0.4, 0.5) is 0 Å². The lowest BCUT2D eigenvalue weighted by molar-refractivity contribution is 0.440. The summed E-state index contributed by atoms with van der Waals surface area (Å²) >= 11 is 0. The minimum absolute atomic E-state index is 0.616. The molecule has 0 fully saturated rings. The van der Waals surface area contributed by atoms with Crippen molar-refractivity contribution in [3.8, 4) is 0 Å². The monoisotopic (exact) mass is 189 g/mol. The van der Waals surface area contributed by atoms with Crippen molar-refractivity contribution in [1.82, 2.24) is 19.6 Å². The fraction of sp³-hybridized carbons (Fsp3) is 0.222. The van der Waals surface area contributed by atoms with Gasteiger partial charge in [-0.25, -0.2) is 9.50 Å². The van der Waals surface area contributed by atoms with Crippen LogP contribution in [-0.4, -0.2) is 39.9 Å². The van der Waals surface area contributed by atoms with Crippen LogP contribution in [0.25, 0.3) is 5.65 Å². The number of pyridine rings is 1. The lowest BCUT2D eigenvalue weighted by Crippen LogP contribution is -2.02. The van der Waals surface area contributed by atoms with Gasteiger partial charge in [-0.05, 0) is 12.1 Å². The SMILES string of the molecule is CN(C)N=Cc1nc2ccccn2n1. The summed E-state index contributed by atoms with van der Waals surface area (Å²) in [7, 11) is 3.71. The zero-order valence-electron chi connectivity index (χ0n) is 8.12. The maximum absolute atomic E-state index is 4.26. The molecule has 0 aliphatic heterocycles. The molecule has 0 aliphatic rings. The van der Waals surface area contributed by atoms with Crippen molar-refractivity contribution in [1.29, 1.82) is 0 Å². The van der Waals surface area contributed by atoms with E-state index in [1.165, 1.54) is 0 Å². The number of aromatic nitrogens is 3. The fourth-order valence-electron chi connectivity index (χ4n) is 1.07. The molecule has 5 nitrogen and oxygen atoms in total. The number of nitrogens with zero attached hydrogens (tertiary/aromatic N) is 5. The van der Waals surface area contributed by atoms with E-state index in [1.807, 2.05) is 38.5 Å². The molecule has 72 valence electrons. The third-order valence-electron chi connectivity index (χ3n) is 1.66. The van der Waals surface area contributed by atoms with Gasteiger partial charge in [-0.15, -0.1) is 5.10 Å². The molecule has 0 amide bonds. The van der Waals surface area contributed by atoms with E-state index in [0.29, 0.717) is 5.82 Å². The van der Waals surface area contributed by atoms with E-state index >= 15 is 0 Å². The molecular weight excluding hydrogens is 178 g/mol. The van der Waals surface area contributed by atoms with Gasteiger partial charge in [0.2, 0.25) is 0 Å². The molecule has 5 heteroatoms. The molecule has 0 aliphatic carbocycles. The number of rotatable bonds is 2. The maximum Gasteiger partial charge on any atom is 0.195 e. The summed E-state index contributed by atoms with van der Waals surface area (Å²) in [6.07, 6.45) is 3.49. The lowest BCUT2D eigenvalue weighted by atomic mass is 10.5. The van der Waals surface area contributed by atoms with Gasteiger partial charge in [-0.1, -0.05) is 6.07 Å². The van der Waals surface area contributed by atoms with Crippen molar-refractivity contribution in [3.63, 3.8) is 0 Å². The first-order valence-corrected chi connectivity index (χ1v) is 4.28. The van der Waals surface area contributed by atoms with Crippen LogP contribution in [-0.2, 0) is 0 Å². The predicted octanol–water partition coefficient (Wildman–Crippen LogP) is 0.625. The molecule has 2 heterocycles. The van der Waals surface area contributed by atoms with Gasteiger partial charge >= 0.3 is 0 Å². The van der Waals surface area contributed by atoms with Crippen LogP contribution in [0.3, 0.4) is 0 Å². The van der Waals surface area contributed by atoms with E-state index in [0.717, 1.165) is 5.65 Å². The summed E-state index contributed by atoms with van der Waals surface area (Å²) < 4.78 is 1.72. The first-order valence-electron chi connectivity index (χ1n) is 4.28. The van der Waals surface area contributed by atoms with Gasteiger partial charge in [0.1, 0.15) is 0 Å². The summed E-state index contributed by atoms with van der Waals surface area (Å²) in [6.45, 7) is 0. The minimum Gasteiger partial charge on any atom is -0.303 e. The normalized spacial score (nSPS) is 11.3. The molecule has 14 heavy (non-hydrogen) atoms. The van der Waals surface area contributed by atoms with Crippen molar-refractivity contribution in [2.75, 3.05) is 14.1 Å². The summed E-state index contributed by atoms with van der Waals surface area (Å²) in [5, 5.41) is 9.97. The molecular formula is C9H11N5. The smallest absolute Gasteiger partial charge is 0.195 e. The molecule has 0 atom stereocenters. The first-order chi connectivity index (χ1) is 6.75. The van der Waals surface area contributed by atoms with Crippen molar-refractivity contribution in [3.05, 3.63) is 30.2 Å². The summed E-state index contributed by atoms with van der Waals surface area (Å²) in [5.74, 6) is 0.616. The standard InChI is InChI=1S/C9H11N5/c1-13(2)10-7-8-11-9-5-3-4-6-14(9)12-8/h3-7H,1-2H3. The van der Waals surface area contributed by atoms with Crippen molar-refractivity contribution < 1.29 is 0 Å². The van der Waals surface area contributed by atoms with Crippen LogP contribution in [0.5, 0.6) is 0 Å². The Hall–Kier alpha value is -1.91. The predicted molar refractivity (Wildman–Crippen MR) is 54.3 cm³/mol. The van der Waals surface area contributed by atoms with E-state index in [-0.39, 0.29) is 0 Å². The van der Waals surface area contributed by atoms with Crippen LogP contribution in [0.15, 0.2) is 29.5 Å². The van der Waals surface area contributed by atoms with Gasteiger partial charge < -0.3 is 5.01 Å². The Labute approximate surface area is 81.7 Å². The molecule has 0 radical (unpaired) electrons. The zero-order chi connectivity index (χ0) is 9.97. The van der Waals surface area contributed by atoms with Gasteiger partial charge in [0, 0.05) is 20.3 Å². The fourth-order valence-corrected chi connectivity index (χ4v) is 1.07. The highest BCUT2D eigenvalue weighted by Gasteiger charge is 1.98. The topological polar surface area (TPSA) is 45.8 Å². The van der Waals surface area contributed by atoms with Gasteiger partial charge in [0.25, 0.3) is 0 Å². The Kier molecular flexibility index (Phi) is 2.14. The van der Waals surface area contributed by atoms with Gasteiger partial charge in [0.05, 0.1) is 6.21 Å². The van der Waals surface area contributed by atoms with E-state index in [9.17, 15) is 0 Å². The Morgan fingerprint density at radius 3 is 3.00 bits per heavy atom. The molecule has 2 aromatic rings. The molecule has 0 unspecified atom stereocenters. The van der Waals surface area contributed by atoms with E-state index in [1.54, 1.807) is 15.7 Å². The van der Waals surface area contributed by atoms with E-state index < -0.39 is 0 Å². The molecule has 0 bridgehead atoms. The quantitative estimate of drug-likeness (QED) is 0.514. The molecule has 0 saturated heterocycles. The highest BCUT2D eigenvalue weighted by molar-refractivity contribution is 5.74. The highest BCUT2D eigenvalue weighted by Crippen LogP contribution is 1.98. The Balaban J connectivity index is 2.36. The van der Waals surface area contributed by atoms with Crippen molar-refractivity contribution in [2.45, 2.75) is 0 Å². The second-order valence-corrected chi connectivity index (χ2v) is 3.07. The first kappa shape index (κ1) is 8.68. The molecule has 0 N–H and O–H groups in total. The molecule has 2 rings (SSSR count). The highest BCUT2D eigenvalue weighted by atomic mass is 15.4. The summed E-state index contributed by atoms with van der Waals surface area (Å²) in [4.78, 5) is 4.26. The second kappa shape index (κ2) is 3.45. The van der Waals surface area contributed by atoms with Crippen LogP contribution >= 0.6 is 0 Å². The largest absolute Gasteiger partial charge is 0.303 e. The maximum atomic E-state index is 4.26. The van der Waals surface area contributed by atoms with Gasteiger partial charge in [0.15, 0.2) is 11.5 Å². The Bertz CT molecular complexity index is 424. The zero-order valence-corrected chi connectivity index (χ0v) is 8.12. The average Bonchev–Trinajstić information content (AvgIpc) is 2.57. The third-order valence-corrected chi connectivity index (χ3v) is 1.66. The molecule has 2 aromatic heterocycles. The van der Waals surface area contributed by atoms with Crippen LogP contribution in [0.1, 0.15) is 5.82 Å². The number of fused-ring (bicyclic) bond motifs is 1. The summed E-state index contributed by atoms with van der Waals surface area (Å²) in [5.41, 5.74) is 0.827. The molecule has 0 spiro atoms. The number of hydrazone groups is 1. The minimum atomic E-state index is 0.616. The van der Waals surface area contributed by atoms with Gasteiger partial charge in [-0.2, -0.15) is 5.10 Å². The average molecular weight is 189 g/mol. The van der Waals surface area contributed by atoms with Crippen LogP contribution < -0.4 is 0 Å². The van der Waals surface area contributed by atoms with Crippen molar-refractivity contribution in [2.24, 2.45) is 5.10 Å². The van der Waals surface area contributed by atoms with Crippen molar-refractivity contribution >= 4 is 11.9 Å². The molecule has 0 aromatic carbocycles. The second-order valence-electron chi connectivity index (χ2n) is 3.07. The van der Waals surface area contributed by atoms with E-state index in [4.69, 9.17) is 0 Å².